The Morgan fingerprint density at radius 3 is 2.92 bits per heavy atom. The summed E-state index contributed by atoms with van der Waals surface area (Å²) < 4.78 is 0. The summed E-state index contributed by atoms with van der Waals surface area (Å²) in [6.07, 6.45) is 6.77. The van der Waals surface area contributed by atoms with Crippen molar-refractivity contribution < 1.29 is 0 Å². The average molecular weight is 160 g/mol. The lowest BCUT2D eigenvalue weighted by molar-refractivity contribution is 1.11. The molecule has 0 aromatic carbocycles. The zero-order valence-corrected chi connectivity index (χ0v) is 6.65. The van der Waals surface area contributed by atoms with Crippen LogP contribution in [0.3, 0.4) is 0 Å². The minimum Gasteiger partial charge on any atom is -0.343 e. The van der Waals surface area contributed by atoms with E-state index >= 15 is 0 Å². The van der Waals surface area contributed by atoms with E-state index in [2.05, 4.69) is 19.9 Å². The Morgan fingerprint density at radius 2 is 2.25 bits per heavy atom. The van der Waals surface area contributed by atoms with Gasteiger partial charge in [0.1, 0.15) is 12.0 Å². The van der Waals surface area contributed by atoms with Crippen molar-refractivity contribution in [1.82, 2.24) is 19.9 Å². The number of rotatable bonds is 1. The molecule has 0 bridgehead atoms. The number of nitrogens with zero attached hydrogens (tertiary/aromatic N) is 3. The van der Waals surface area contributed by atoms with E-state index < -0.39 is 0 Å². The van der Waals surface area contributed by atoms with Crippen LogP contribution in [0.5, 0.6) is 0 Å². The highest BCUT2D eigenvalue weighted by Gasteiger charge is 2.03. The first-order chi connectivity index (χ1) is 5.88. The lowest BCUT2D eigenvalue weighted by Gasteiger charge is -1.97. The molecule has 2 aromatic heterocycles. The molecule has 0 saturated heterocycles. The number of hydrogen-bond acceptors (Lipinski definition) is 3. The van der Waals surface area contributed by atoms with Gasteiger partial charge in [-0.3, -0.25) is 0 Å². The molecule has 0 aliphatic heterocycles. The molecule has 0 spiro atoms. The Bertz CT molecular complexity index is 366. The summed E-state index contributed by atoms with van der Waals surface area (Å²) in [7, 11) is 0. The summed E-state index contributed by atoms with van der Waals surface area (Å²) in [6.45, 7) is 1.96. The van der Waals surface area contributed by atoms with Gasteiger partial charge in [0.25, 0.3) is 0 Å². The molecule has 0 amide bonds. The van der Waals surface area contributed by atoms with Crippen molar-refractivity contribution in [3.63, 3.8) is 0 Å². The van der Waals surface area contributed by atoms with Gasteiger partial charge in [-0.05, 0) is 12.5 Å². The van der Waals surface area contributed by atoms with Crippen molar-refractivity contribution in [2.45, 2.75) is 6.92 Å². The van der Waals surface area contributed by atoms with E-state index in [-0.39, 0.29) is 0 Å². The van der Waals surface area contributed by atoms with Crippen LogP contribution in [0.25, 0.3) is 11.5 Å². The van der Waals surface area contributed by atoms with Crippen molar-refractivity contribution in [3.8, 4) is 11.5 Å². The molecule has 4 heteroatoms. The van der Waals surface area contributed by atoms with E-state index in [1.165, 1.54) is 6.33 Å². The second kappa shape index (κ2) is 2.73. The molecule has 0 aliphatic carbocycles. The van der Waals surface area contributed by atoms with Crippen molar-refractivity contribution in [1.29, 1.82) is 0 Å². The Balaban J connectivity index is 2.55. The molecule has 60 valence electrons. The zero-order chi connectivity index (χ0) is 8.39. The van der Waals surface area contributed by atoms with Crippen LogP contribution in [0.15, 0.2) is 24.9 Å². The van der Waals surface area contributed by atoms with Crippen molar-refractivity contribution >= 4 is 0 Å². The van der Waals surface area contributed by atoms with E-state index in [0.717, 1.165) is 17.1 Å². The van der Waals surface area contributed by atoms with Crippen molar-refractivity contribution in [3.05, 3.63) is 30.5 Å². The third-order valence-corrected chi connectivity index (χ3v) is 1.62. The quantitative estimate of drug-likeness (QED) is 0.681. The number of aromatic nitrogens is 4. The minimum absolute atomic E-state index is 0.787. The van der Waals surface area contributed by atoms with Crippen LogP contribution in [0, 0.1) is 6.92 Å². The van der Waals surface area contributed by atoms with Crippen LogP contribution in [-0.2, 0) is 0 Å². The summed E-state index contributed by atoms with van der Waals surface area (Å²) in [4.78, 5) is 15.1. The molecule has 0 atom stereocenters. The predicted octanol–water partition coefficient (Wildman–Crippen LogP) is 1.18. The lowest BCUT2D eigenvalue weighted by atomic mass is 10.2. The minimum atomic E-state index is 0.787. The van der Waals surface area contributed by atoms with E-state index in [1.807, 2.05) is 6.92 Å². The van der Waals surface area contributed by atoms with Gasteiger partial charge in [-0.1, -0.05) is 0 Å². The maximum atomic E-state index is 4.12. The van der Waals surface area contributed by atoms with Gasteiger partial charge < -0.3 is 4.98 Å². The molecule has 0 radical (unpaired) electrons. The van der Waals surface area contributed by atoms with E-state index in [9.17, 15) is 0 Å². The molecule has 1 N–H and O–H groups in total. The first-order valence-corrected chi connectivity index (χ1v) is 3.64. The molecular formula is C8H8N4. The summed E-state index contributed by atoms with van der Waals surface area (Å²) in [6, 6.07) is 0. The summed E-state index contributed by atoms with van der Waals surface area (Å²) >= 11 is 0. The molecule has 2 rings (SSSR count). The first kappa shape index (κ1) is 6.97. The highest BCUT2D eigenvalue weighted by molar-refractivity contribution is 5.52. The monoisotopic (exact) mass is 160 g/mol. The average Bonchev–Trinajstić information content (AvgIpc) is 2.57. The van der Waals surface area contributed by atoms with E-state index in [1.54, 1.807) is 18.6 Å². The Hall–Kier alpha value is -1.71. The third-order valence-electron chi connectivity index (χ3n) is 1.62. The highest BCUT2D eigenvalue weighted by atomic mass is 14.9. The number of nitrogens with one attached hydrogen (secondary N) is 1. The second-order valence-corrected chi connectivity index (χ2v) is 2.49. The number of aromatic amines is 1. The van der Waals surface area contributed by atoms with Crippen LogP contribution in [0.2, 0.25) is 0 Å². The molecule has 4 nitrogen and oxygen atoms in total. The normalized spacial score (nSPS) is 10.1. The SMILES string of the molecule is Cc1cncnc1-c1ncc[nH]1. The fourth-order valence-electron chi connectivity index (χ4n) is 1.04. The van der Waals surface area contributed by atoms with Gasteiger partial charge in [-0.15, -0.1) is 0 Å². The summed E-state index contributed by atoms with van der Waals surface area (Å²) in [5.41, 5.74) is 1.88. The standard InChI is InChI=1S/C8H8N4/c1-6-4-9-5-12-7(6)8-10-2-3-11-8/h2-5H,1H3,(H,10,11). The van der Waals surface area contributed by atoms with Crippen LogP contribution < -0.4 is 0 Å². The molecular weight excluding hydrogens is 152 g/mol. The molecule has 0 saturated carbocycles. The topological polar surface area (TPSA) is 54.5 Å². The van der Waals surface area contributed by atoms with Gasteiger partial charge in [0.15, 0.2) is 5.82 Å². The zero-order valence-electron chi connectivity index (χ0n) is 6.65. The molecule has 0 aliphatic rings. The number of imidazole rings is 1. The lowest BCUT2D eigenvalue weighted by Crippen LogP contribution is -1.90. The smallest absolute Gasteiger partial charge is 0.156 e. The Kier molecular flexibility index (Phi) is 1.59. The predicted molar refractivity (Wildman–Crippen MR) is 44.4 cm³/mol. The summed E-state index contributed by atoms with van der Waals surface area (Å²) in [5.74, 6) is 0.787. The van der Waals surface area contributed by atoms with Crippen LogP contribution in [0.1, 0.15) is 5.56 Å². The number of aryl methyl sites for hydroxylation is 1. The van der Waals surface area contributed by atoms with Gasteiger partial charge in [0, 0.05) is 18.6 Å². The summed E-state index contributed by atoms with van der Waals surface area (Å²) in [5, 5.41) is 0. The molecule has 0 fully saturated rings. The van der Waals surface area contributed by atoms with Gasteiger partial charge in [-0.2, -0.15) is 0 Å². The van der Waals surface area contributed by atoms with Crippen LogP contribution in [-0.4, -0.2) is 19.9 Å². The third kappa shape index (κ3) is 1.07. The van der Waals surface area contributed by atoms with Crippen LogP contribution in [0.4, 0.5) is 0 Å². The highest BCUT2D eigenvalue weighted by Crippen LogP contribution is 2.13. The van der Waals surface area contributed by atoms with Gasteiger partial charge in [-0.25, -0.2) is 15.0 Å². The number of H-pyrrole nitrogens is 1. The Labute approximate surface area is 69.7 Å². The van der Waals surface area contributed by atoms with E-state index in [4.69, 9.17) is 0 Å². The van der Waals surface area contributed by atoms with E-state index in [0.29, 0.717) is 0 Å². The first-order valence-electron chi connectivity index (χ1n) is 3.64. The van der Waals surface area contributed by atoms with Gasteiger partial charge in [0.2, 0.25) is 0 Å². The molecule has 12 heavy (non-hydrogen) atoms. The maximum absolute atomic E-state index is 4.12. The van der Waals surface area contributed by atoms with Crippen molar-refractivity contribution in [2.75, 3.05) is 0 Å². The van der Waals surface area contributed by atoms with Crippen LogP contribution >= 0.6 is 0 Å². The Morgan fingerprint density at radius 1 is 1.33 bits per heavy atom. The maximum Gasteiger partial charge on any atom is 0.156 e. The second-order valence-electron chi connectivity index (χ2n) is 2.49. The van der Waals surface area contributed by atoms with Gasteiger partial charge in [0.05, 0.1) is 0 Å². The molecule has 0 unspecified atom stereocenters. The number of hydrogen-bond donors (Lipinski definition) is 1. The fraction of sp³-hybridized carbons (Fsp3) is 0.125. The van der Waals surface area contributed by atoms with Gasteiger partial charge >= 0.3 is 0 Å². The molecule has 2 heterocycles. The fourth-order valence-corrected chi connectivity index (χ4v) is 1.04. The van der Waals surface area contributed by atoms with Crippen molar-refractivity contribution in [2.24, 2.45) is 0 Å². The molecule has 2 aromatic rings. The largest absolute Gasteiger partial charge is 0.343 e.